The summed E-state index contributed by atoms with van der Waals surface area (Å²) in [6, 6.07) is 7.29. The lowest BCUT2D eigenvalue weighted by Crippen LogP contribution is -2.43. The van der Waals surface area contributed by atoms with E-state index >= 15 is 0 Å². The van der Waals surface area contributed by atoms with Crippen LogP contribution in [0.3, 0.4) is 0 Å². The van der Waals surface area contributed by atoms with Crippen LogP contribution in [0.2, 0.25) is 0 Å². The number of carbonyl (C=O) groups excluding carboxylic acids is 1. The first kappa shape index (κ1) is 17.5. The second-order valence-corrected chi connectivity index (χ2v) is 7.15. The summed E-state index contributed by atoms with van der Waals surface area (Å²) in [5.74, 6) is 1.09. The van der Waals surface area contributed by atoms with E-state index in [1.165, 1.54) is 6.07 Å². The molecule has 0 radical (unpaired) electrons. The summed E-state index contributed by atoms with van der Waals surface area (Å²) < 4.78 is 10.5. The summed E-state index contributed by atoms with van der Waals surface area (Å²) in [4.78, 5) is 26.9. The monoisotopic (exact) mass is 343 g/mol. The van der Waals surface area contributed by atoms with Gasteiger partial charge in [0.2, 0.25) is 5.91 Å². The van der Waals surface area contributed by atoms with Crippen LogP contribution in [0, 0.1) is 5.92 Å². The van der Waals surface area contributed by atoms with Gasteiger partial charge in [0.15, 0.2) is 0 Å². The van der Waals surface area contributed by atoms with Gasteiger partial charge in [-0.2, -0.15) is 0 Å². The van der Waals surface area contributed by atoms with E-state index in [1.54, 1.807) is 13.2 Å². The van der Waals surface area contributed by atoms with Crippen LogP contribution in [0.25, 0.3) is 11.0 Å². The highest BCUT2D eigenvalue weighted by Crippen LogP contribution is 2.32. The summed E-state index contributed by atoms with van der Waals surface area (Å²) in [5.41, 5.74) is 0.712. The molecule has 1 aliphatic rings. The van der Waals surface area contributed by atoms with Crippen molar-refractivity contribution in [2.45, 2.75) is 52.1 Å². The molecule has 1 fully saturated rings. The fourth-order valence-electron chi connectivity index (χ4n) is 3.17. The number of nitrogens with zero attached hydrogens (tertiary/aromatic N) is 1. The summed E-state index contributed by atoms with van der Waals surface area (Å²) in [5, 5.41) is 0.779. The molecule has 0 N–H and O–H groups in total. The average Bonchev–Trinajstić information content (AvgIpc) is 3.38. The van der Waals surface area contributed by atoms with Crippen molar-refractivity contribution >= 4 is 16.9 Å². The molecule has 1 saturated carbocycles. The van der Waals surface area contributed by atoms with E-state index in [2.05, 4.69) is 20.8 Å². The van der Waals surface area contributed by atoms with Crippen LogP contribution in [0.5, 0.6) is 5.75 Å². The van der Waals surface area contributed by atoms with Crippen molar-refractivity contribution in [1.29, 1.82) is 0 Å². The van der Waals surface area contributed by atoms with Crippen molar-refractivity contribution in [3.8, 4) is 5.75 Å². The molecule has 1 unspecified atom stereocenters. The van der Waals surface area contributed by atoms with Gasteiger partial charge in [-0.25, -0.2) is 4.79 Å². The molecule has 1 atom stereocenters. The summed E-state index contributed by atoms with van der Waals surface area (Å²) in [6.07, 6.45) is 2.34. The first-order valence-electron chi connectivity index (χ1n) is 8.82. The number of benzene rings is 1. The Morgan fingerprint density at radius 1 is 1.28 bits per heavy atom. The molecule has 0 spiro atoms. The van der Waals surface area contributed by atoms with Gasteiger partial charge < -0.3 is 14.1 Å². The average molecular weight is 343 g/mol. The van der Waals surface area contributed by atoms with Crippen molar-refractivity contribution in [2.24, 2.45) is 5.92 Å². The largest absolute Gasteiger partial charge is 0.497 e. The third kappa shape index (κ3) is 3.70. The summed E-state index contributed by atoms with van der Waals surface area (Å²) in [7, 11) is 1.56. The van der Waals surface area contributed by atoms with Gasteiger partial charge in [-0.05, 0) is 43.4 Å². The maximum absolute atomic E-state index is 13.0. The fourth-order valence-corrected chi connectivity index (χ4v) is 3.17. The number of carbonyl (C=O) groups is 1. The molecular formula is C20H25NO4. The molecule has 1 amide bonds. The lowest BCUT2D eigenvalue weighted by molar-refractivity contribution is -0.134. The van der Waals surface area contributed by atoms with Gasteiger partial charge in [0.05, 0.1) is 13.5 Å². The van der Waals surface area contributed by atoms with Crippen molar-refractivity contribution in [2.75, 3.05) is 7.11 Å². The number of hydrogen-bond acceptors (Lipinski definition) is 4. The van der Waals surface area contributed by atoms with Gasteiger partial charge in [-0.1, -0.05) is 13.8 Å². The van der Waals surface area contributed by atoms with Crippen LogP contribution >= 0.6 is 0 Å². The van der Waals surface area contributed by atoms with Gasteiger partial charge in [0.1, 0.15) is 11.3 Å². The van der Waals surface area contributed by atoms with Gasteiger partial charge in [-0.3, -0.25) is 4.79 Å². The van der Waals surface area contributed by atoms with Crippen LogP contribution in [-0.4, -0.2) is 30.0 Å². The van der Waals surface area contributed by atoms with Crippen molar-refractivity contribution < 1.29 is 13.9 Å². The highest BCUT2D eigenvalue weighted by molar-refractivity contribution is 5.88. The molecule has 1 aliphatic carbocycles. The van der Waals surface area contributed by atoms with E-state index in [1.807, 2.05) is 17.0 Å². The van der Waals surface area contributed by atoms with Crippen molar-refractivity contribution in [1.82, 2.24) is 4.90 Å². The fraction of sp³-hybridized carbons (Fsp3) is 0.500. The quantitative estimate of drug-likeness (QED) is 0.755. The highest BCUT2D eigenvalue weighted by atomic mass is 16.5. The second-order valence-electron chi connectivity index (χ2n) is 7.15. The number of hydrogen-bond donors (Lipinski definition) is 0. The van der Waals surface area contributed by atoms with Gasteiger partial charge in [-0.15, -0.1) is 0 Å². The zero-order valence-corrected chi connectivity index (χ0v) is 15.2. The van der Waals surface area contributed by atoms with Gasteiger partial charge >= 0.3 is 5.63 Å². The zero-order valence-electron chi connectivity index (χ0n) is 15.2. The van der Waals surface area contributed by atoms with E-state index in [-0.39, 0.29) is 18.4 Å². The predicted octanol–water partition coefficient (Wildman–Crippen LogP) is 3.38. The Morgan fingerprint density at radius 3 is 2.60 bits per heavy atom. The Bertz CT molecular complexity index is 835. The molecule has 1 heterocycles. The molecule has 3 rings (SSSR count). The van der Waals surface area contributed by atoms with Crippen LogP contribution < -0.4 is 10.4 Å². The SMILES string of the molecule is COc1ccc2c(CC(=O)N(C3CC3)C(C)C(C)C)cc(=O)oc2c1. The second kappa shape index (κ2) is 6.90. The molecule has 1 aromatic heterocycles. The molecule has 1 aromatic carbocycles. The van der Waals surface area contributed by atoms with Crippen LogP contribution in [0.15, 0.2) is 33.5 Å². The smallest absolute Gasteiger partial charge is 0.336 e. The third-order valence-electron chi connectivity index (χ3n) is 5.01. The van der Waals surface area contributed by atoms with Gasteiger partial charge in [0, 0.05) is 29.6 Å². The first-order chi connectivity index (χ1) is 11.9. The lowest BCUT2D eigenvalue weighted by atomic mass is 10.0. The van der Waals surface area contributed by atoms with E-state index in [0.29, 0.717) is 28.9 Å². The first-order valence-corrected chi connectivity index (χ1v) is 8.82. The highest BCUT2D eigenvalue weighted by Gasteiger charge is 2.36. The van der Waals surface area contributed by atoms with E-state index in [4.69, 9.17) is 9.15 Å². The summed E-state index contributed by atoms with van der Waals surface area (Å²) >= 11 is 0. The molecule has 5 nitrogen and oxygen atoms in total. The Morgan fingerprint density at radius 2 is 2.00 bits per heavy atom. The Hall–Kier alpha value is -2.30. The normalized spacial score (nSPS) is 15.4. The molecule has 0 saturated heterocycles. The summed E-state index contributed by atoms with van der Waals surface area (Å²) in [6.45, 7) is 6.36. The Balaban J connectivity index is 1.93. The predicted molar refractivity (Wildman–Crippen MR) is 96.9 cm³/mol. The van der Waals surface area contributed by atoms with E-state index in [9.17, 15) is 9.59 Å². The number of methoxy groups -OCH3 is 1. The van der Waals surface area contributed by atoms with E-state index in [0.717, 1.165) is 18.2 Å². The lowest BCUT2D eigenvalue weighted by Gasteiger charge is -2.32. The number of amides is 1. The standard InChI is InChI=1S/C20H25NO4/c1-12(2)13(3)21(15-5-6-15)19(22)9-14-10-20(23)25-18-11-16(24-4)7-8-17(14)18/h7-8,10-13,15H,5-6,9H2,1-4H3. The van der Waals surface area contributed by atoms with Crippen molar-refractivity contribution in [3.05, 3.63) is 40.2 Å². The minimum absolute atomic E-state index is 0.0754. The topological polar surface area (TPSA) is 59.8 Å². The molecule has 134 valence electrons. The van der Waals surface area contributed by atoms with Gasteiger partial charge in [0.25, 0.3) is 0 Å². The number of fused-ring (bicyclic) bond motifs is 1. The zero-order chi connectivity index (χ0) is 18.1. The molecule has 2 aromatic rings. The number of ether oxygens (including phenoxy) is 1. The number of rotatable bonds is 6. The minimum Gasteiger partial charge on any atom is -0.497 e. The molecule has 25 heavy (non-hydrogen) atoms. The molecule has 0 bridgehead atoms. The van der Waals surface area contributed by atoms with Crippen LogP contribution in [-0.2, 0) is 11.2 Å². The molecule has 0 aliphatic heterocycles. The Labute approximate surface area is 147 Å². The molecule has 5 heteroatoms. The maximum Gasteiger partial charge on any atom is 0.336 e. The minimum atomic E-state index is -0.446. The van der Waals surface area contributed by atoms with Crippen LogP contribution in [0.1, 0.15) is 39.2 Å². The third-order valence-corrected chi connectivity index (χ3v) is 5.01. The van der Waals surface area contributed by atoms with E-state index < -0.39 is 5.63 Å². The van der Waals surface area contributed by atoms with Crippen molar-refractivity contribution in [3.63, 3.8) is 0 Å². The molecular weight excluding hydrogens is 318 g/mol. The Kier molecular flexibility index (Phi) is 4.84. The van der Waals surface area contributed by atoms with Crippen LogP contribution in [0.4, 0.5) is 0 Å². The maximum atomic E-state index is 13.0.